The number of hydrogen-bond acceptors (Lipinski definition) is 2. The third-order valence-corrected chi connectivity index (χ3v) is 1.31. The van der Waals surface area contributed by atoms with E-state index in [4.69, 9.17) is 6.42 Å². The van der Waals surface area contributed by atoms with Crippen molar-refractivity contribution in [2.75, 3.05) is 0 Å². The molecule has 1 aromatic rings. The van der Waals surface area contributed by atoms with Crippen LogP contribution in [0.5, 0.6) is 0 Å². The first kappa shape index (κ1) is 7.49. The fourth-order valence-electron chi connectivity index (χ4n) is 0.728. The normalized spacial score (nSPS) is 8.73. The molecule has 0 unspecified atom stereocenters. The van der Waals surface area contributed by atoms with Gasteiger partial charge >= 0.3 is 0 Å². The summed E-state index contributed by atoms with van der Waals surface area (Å²) in [6, 6.07) is 3.24. The van der Waals surface area contributed by atoms with E-state index in [9.17, 15) is 4.79 Å². The highest BCUT2D eigenvalue weighted by atomic mass is 16.1. The number of pyridine rings is 1. The number of ketones is 1. The van der Waals surface area contributed by atoms with Crippen molar-refractivity contribution in [3.63, 3.8) is 0 Å². The van der Waals surface area contributed by atoms with Gasteiger partial charge in [-0.3, -0.25) is 4.79 Å². The van der Waals surface area contributed by atoms with Crippen molar-refractivity contribution in [1.29, 1.82) is 0 Å². The molecule has 11 heavy (non-hydrogen) atoms. The maximum absolute atomic E-state index is 10.8. The molecule has 0 aliphatic rings. The first-order valence-electron chi connectivity index (χ1n) is 3.17. The predicted molar refractivity (Wildman–Crippen MR) is 42.2 cm³/mol. The zero-order valence-electron chi connectivity index (χ0n) is 6.16. The molecule has 0 aliphatic carbocycles. The molecule has 0 radical (unpaired) electrons. The Labute approximate surface area is 65.3 Å². The summed E-state index contributed by atoms with van der Waals surface area (Å²) in [4.78, 5) is 14.7. The number of carbonyl (C=O) groups is 1. The van der Waals surface area contributed by atoms with Crippen LogP contribution < -0.4 is 0 Å². The average molecular weight is 145 g/mol. The lowest BCUT2D eigenvalue weighted by atomic mass is 10.2. The summed E-state index contributed by atoms with van der Waals surface area (Å²) in [6.07, 6.45) is 6.63. The van der Waals surface area contributed by atoms with Gasteiger partial charge in [0.1, 0.15) is 5.69 Å². The fraction of sp³-hybridized carbons (Fsp3) is 0.111. The van der Waals surface area contributed by atoms with Crippen molar-refractivity contribution in [3.8, 4) is 12.3 Å². The highest BCUT2D eigenvalue weighted by molar-refractivity contribution is 5.94. The van der Waals surface area contributed by atoms with Crippen molar-refractivity contribution in [2.45, 2.75) is 6.92 Å². The lowest BCUT2D eigenvalue weighted by Gasteiger charge is -1.93. The van der Waals surface area contributed by atoms with Crippen LogP contribution in [0.4, 0.5) is 0 Å². The average Bonchev–Trinajstić information content (AvgIpc) is 2.05. The molecule has 0 N–H and O–H groups in total. The van der Waals surface area contributed by atoms with Gasteiger partial charge < -0.3 is 0 Å². The highest BCUT2D eigenvalue weighted by Crippen LogP contribution is 2.00. The molecule has 1 aromatic heterocycles. The van der Waals surface area contributed by atoms with Gasteiger partial charge in [-0.05, 0) is 19.1 Å². The molecular weight excluding hydrogens is 138 g/mol. The van der Waals surface area contributed by atoms with Gasteiger partial charge in [-0.2, -0.15) is 0 Å². The third kappa shape index (κ3) is 1.65. The first-order valence-corrected chi connectivity index (χ1v) is 3.17. The van der Waals surface area contributed by atoms with E-state index in [1.807, 2.05) is 0 Å². The lowest BCUT2D eigenvalue weighted by Crippen LogP contribution is -1.93. The Balaban J connectivity index is 3.13. The van der Waals surface area contributed by atoms with E-state index in [1.54, 1.807) is 12.1 Å². The van der Waals surface area contributed by atoms with Crippen LogP contribution in [0.2, 0.25) is 0 Å². The molecule has 0 aliphatic heterocycles. The van der Waals surface area contributed by atoms with Gasteiger partial charge in [0.05, 0.1) is 0 Å². The van der Waals surface area contributed by atoms with E-state index in [2.05, 4.69) is 10.9 Å². The second kappa shape index (κ2) is 2.98. The van der Waals surface area contributed by atoms with Gasteiger partial charge in [0.2, 0.25) is 0 Å². The van der Waals surface area contributed by atoms with Gasteiger partial charge in [0.25, 0.3) is 0 Å². The minimum absolute atomic E-state index is 0.00361. The molecule has 2 nitrogen and oxygen atoms in total. The maximum atomic E-state index is 10.8. The van der Waals surface area contributed by atoms with Crippen molar-refractivity contribution in [2.24, 2.45) is 0 Å². The van der Waals surface area contributed by atoms with Crippen LogP contribution in [-0.4, -0.2) is 10.8 Å². The summed E-state index contributed by atoms with van der Waals surface area (Å²) in [7, 11) is 0. The van der Waals surface area contributed by atoms with Crippen molar-refractivity contribution in [1.82, 2.24) is 4.98 Å². The van der Waals surface area contributed by atoms with Crippen LogP contribution in [-0.2, 0) is 0 Å². The van der Waals surface area contributed by atoms with Crippen LogP contribution in [0.25, 0.3) is 0 Å². The molecule has 0 bridgehead atoms. The van der Waals surface area contributed by atoms with Gasteiger partial charge in [-0.15, -0.1) is 6.42 Å². The summed E-state index contributed by atoms with van der Waals surface area (Å²) in [5.74, 6) is 2.36. The fourth-order valence-corrected chi connectivity index (χ4v) is 0.728. The van der Waals surface area contributed by atoms with Crippen LogP contribution in [0.1, 0.15) is 23.0 Å². The summed E-state index contributed by atoms with van der Waals surface area (Å²) in [5, 5.41) is 0. The van der Waals surface area contributed by atoms with Gasteiger partial charge in [0, 0.05) is 11.8 Å². The number of hydrogen-bond donors (Lipinski definition) is 0. The van der Waals surface area contributed by atoms with Crippen LogP contribution in [0.3, 0.4) is 0 Å². The number of nitrogens with zero attached hydrogens (tertiary/aromatic N) is 1. The van der Waals surface area contributed by atoms with Gasteiger partial charge in [-0.25, -0.2) is 4.98 Å². The summed E-state index contributed by atoms with van der Waals surface area (Å²) in [6.45, 7) is 1.50. The topological polar surface area (TPSA) is 30.0 Å². The Morgan fingerprint density at radius 2 is 2.45 bits per heavy atom. The Hall–Kier alpha value is -1.62. The predicted octanol–water partition coefficient (Wildman–Crippen LogP) is 1.27. The van der Waals surface area contributed by atoms with Crippen LogP contribution >= 0.6 is 0 Å². The molecular formula is C9H7NO. The molecule has 0 spiro atoms. The van der Waals surface area contributed by atoms with Crippen molar-refractivity contribution < 1.29 is 4.79 Å². The van der Waals surface area contributed by atoms with E-state index >= 15 is 0 Å². The standard InChI is InChI=1S/C9H7NO/c1-3-9-6-8(7(2)11)4-5-10-9/h1,4-6H,2H3. The van der Waals surface area contributed by atoms with E-state index in [1.165, 1.54) is 13.1 Å². The highest BCUT2D eigenvalue weighted by Gasteiger charge is 1.98. The quantitative estimate of drug-likeness (QED) is 0.440. The third-order valence-electron chi connectivity index (χ3n) is 1.31. The Morgan fingerprint density at radius 3 is 3.00 bits per heavy atom. The molecule has 1 heterocycles. The van der Waals surface area contributed by atoms with Crippen molar-refractivity contribution >= 4 is 5.78 Å². The largest absolute Gasteiger partial charge is 0.295 e. The minimum Gasteiger partial charge on any atom is -0.295 e. The molecule has 0 atom stereocenters. The summed E-state index contributed by atoms with van der Waals surface area (Å²) >= 11 is 0. The van der Waals surface area contributed by atoms with E-state index in [0.29, 0.717) is 11.3 Å². The minimum atomic E-state index is 0.00361. The first-order chi connectivity index (χ1) is 5.24. The Bertz CT molecular complexity index is 323. The molecule has 2 heteroatoms. The van der Waals surface area contributed by atoms with E-state index in [-0.39, 0.29) is 5.78 Å². The van der Waals surface area contributed by atoms with E-state index in [0.717, 1.165) is 0 Å². The SMILES string of the molecule is C#Cc1cc(C(C)=O)ccn1. The van der Waals surface area contributed by atoms with Gasteiger partial charge in [-0.1, -0.05) is 5.92 Å². The number of aromatic nitrogens is 1. The smallest absolute Gasteiger partial charge is 0.159 e. The second-order valence-electron chi connectivity index (χ2n) is 2.13. The Morgan fingerprint density at radius 1 is 1.73 bits per heavy atom. The maximum Gasteiger partial charge on any atom is 0.159 e. The number of Topliss-reactive ketones (excluding diaryl/α,β-unsaturated/α-hetero) is 1. The zero-order chi connectivity index (χ0) is 8.27. The Kier molecular flexibility index (Phi) is 2.03. The van der Waals surface area contributed by atoms with Crippen LogP contribution in [0, 0.1) is 12.3 Å². The molecule has 0 fully saturated rings. The zero-order valence-corrected chi connectivity index (χ0v) is 6.16. The number of rotatable bonds is 1. The lowest BCUT2D eigenvalue weighted by molar-refractivity contribution is 0.101. The van der Waals surface area contributed by atoms with Crippen molar-refractivity contribution in [3.05, 3.63) is 29.6 Å². The second-order valence-corrected chi connectivity index (χ2v) is 2.13. The molecule has 0 amide bonds. The van der Waals surface area contributed by atoms with Crippen LogP contribution in [0.15, 0.2) is 18.3 Å². The number of terminal acetylenes is 1. The molecule has 0 saturated heterocycles. The molecule has 0 saturated carbocycles. The molecule has 54 valence electrons. The summed E-state index contributed by atoms with van der Waals surface area (Å²) < 4.78 is 0. The van der Waals surface area contributed by atoms with Gasteiger partial charge in [0.15, 0.2) is 5.78 Å². The van der Waals surface area contributed by atoms with E-state index < -0.39 is 0 Å². The molecule has 0 aromatic carbocycles. The number of carbonyl (C=O) groups excluding carboxylic acids is 1. The monoisotopic (exact) mass is 145 g/mol. The molecule has 1 rings (SSSR count). The summed E-state index contributed by atoms with van der Waals surface area (Å²) in [5.41, 5.74) is 1.10.